The third-order valence-corrected chi connectivity index (χ3v) is 6.13. The van der Waals surface area contributed by atoms with Gasteiger partial charge in [-0.05, 0) is 44.4 Å². The number of hydrogen-bond donors (Lipinski definition) is 3. The molecule has 1 atom stereocenters. The van der Waals surface area contributed by atoms with Gasteiger partial charge in [-0.1, -0.05) is 6.58 Å². The molecule has 4 rings (SSSR count). The van der Waals surface area contributed by atoms with Crippen molar-refractivity contribution in [1.29, 1.82) is 0 Å². The van der Waals surface area contributed by atoms with Crippen molar-refractivity contribution >= 4 is 39.7 Å². The number of nitrogens with one attached hydrogen (secondary N) is 3. The number of nitrogens with zero attached hydrogens (tertiary/aromatic N) is 5. The summed E-state index contributed by atoms with van der Waals surface area (Å²) in [6.07, 6.45) is 7.62. The van der Waals surface area contributed by atoms with Gasteiger partial charge in [-0.3, -0.25) is 9.78 Å². The Hall–Kier alpha value is -4.45. The number of likely N-dealkylation sites (N-methyl/N-ethyl adjacent to an activating group) is 2. The van der Waals surface area contributed by atoms with Crippen molar-refractivity contribution in [3.05, 3.63) is 67.2 Å². The Balaban J connectivity index is 1.70. The maximum Gasteiger partial charge on any atom is 0.387 e. The summed E-state index contributed by atoms with van der Waals surface area (Å²) in [7, 11) is 7.60. The van der Waals surface area contributed by atoms with Crippen molar-refractivity contribution in [3.8, 4) is 5.75 Å². The van der Waals surface area contributed by atoms with E-state index in [0.717, 1.165) is 22.7 Å². The van der Waals surface area contributed by atoms with E-state index < -0.39 is 18.8 Å². The van der Waals surface area contributed by atoms with E-state index >= 15 is 0 Å². The number of aromatic nitrogens is 2. The predicted octanol–water partition coefficient (Wildman–Crippen LogP) is 3.60. The standard InChI is InChI=1S/C27H32F2N8O2/c1-6-24(38)32-19-14-20(23(39-26(28)29)15-22(19)36(4)13-12-35(2)3)34-27-31-11-9-18(33-27)17-16-37(5)21-8-7-10-30-25(17)21/h6-11,14-16,26-27,31,34H,1,12-13H2,2-5H3,(H,32,38). The molecule has 3 N–H and O–H groups in total. The molecule has 3 aromatic rings. The zero-order valence-corrected chi connectivity index (χ0v) is 22.3. The molecule has 0 radical (unpaired) electrons. The number of amides is 1. The molecule has 0 aliphatic carbocycles. The summed E-state index contributed by atoms with van der Waals surface area (Å²) >= 11 is 0. The first-order valence-corrected chi connectivity index (χ1v) is 12.3. The predicted molar refractivity (Wildman–Crippen MR) is 151 cm³/mol. The van der Waals surface area contributed by atoms with E-state index in [4.69, 9.17) is 9.73 Å². The Bertz CT molecular complexity index is 1420. The lowest BCUT2D eigenvalue weighted by Gasteiger charge is -2.27. The highest BCUT2D eigenvalue weighted by atomic mass is 19.3. The van der Waals surface area contributed by atoms with Crippen LogP contribution in [0, 0.1) is 0 Å². The molecule has 1 unspecified atom stereocenters. The van der Waals surface area contributed by atoms with Crippen LogP contribution in [-0.4, -0.2) is 73.2 Å². The van der Waals surface area contributed by atoms with E-state index in [0.29, 0.717) is 30.2 Å². The van der Waals surface area contributed by atoms with Gasteiger partial charge in [-0.15, -0.1) is 0 Å². The molecule has 1 aromatic carbocycles. The van der Waals surface area contributed by atoms with Gasteiger partial charge in [0.25, 0.3) is 0 Å². The number of hydrogen-bond acceptors (Lipinski definition) is 8. The number of allylic oxidation sites excluding steroid dienone is 1. The minimum absolute atomic E-state index is 0.0896. The lowest BCUT2D eigenvalue weighted by atomic mass is 10.1. The van der Waals surface area contributed by atoms with Crippen LogP contribution in [0.3, 0.4) is 0 Å². The van der Waals surface area contributed by atoms with Gasteiger partial charge in [0.15, 0.2) is 12.0 Å². The summed E-state index contributed by atoms with van der Waals surface area (Å²) in [6, 6.07) is 6.86. The number of carbonyl (C=O) groups is 1. The average molecular weight is 539 g/mol. The van der Waals surface area contributed by atoms with Crippen molar-refractivity contribution in [1.82, 2.24) is 19.8 Å². The van der Waals surface area contributed by atoms with Crippen LogP contribution in [0.15, 0.2) is 66.6 Å². The van der Waals surface area contributed by atoms with Crippen molar-refractivity contribution in [2.24, 2.45) is 12.0 Å². The molecule has 0 fully saturated rings. The fourth-order valence-corrected chi connectivity index (χ4v) is 4.16. The van der Waals surface area contributed by atoms with Crippen molar-refractivity contribution in [3.63, 3.8) is 0 Å². The largest absolute Gasteiger partial charge is 0.433 e. The molecule has 1 aliphatic rings. The molecule has 39 heavy (non-hydrogen) atoms. The maximum atomic E-state index is 13.4. The monoisotopic (exact) mass is 538 g/mol. The van der Waals surface area contributed by atoms with Gasteiger partial charge in [-0.2, -0.15) is 8.78 Å². The molecule has 1 aliphatic heterocycles. The number of pyridine rings is 1. The van der Waals surface area contributed by atoms with E-state index in [1.807, 2.05) is 67.0 Å². The first-order chi connectivity index (χ1) is 18.7. The van der Waals surface area contributed by atoms with Crippen LogP contribution in [0.25, 0.3) is 11.0 Å². The molecule has 12 heteroatoms. The Morgan fingerprint density at radius 3 is 2.79 bits per heavy atom. The Labute approximate surface area is 225 Å². The zero-order chi connectivity index (χ0) is 28.1. The fraction of sp³-hybridized carbons (Fsp3) is 0.296. The number of ether oxygens (including phenoxy) is 1. The molecule has 0 spiro atoms. The molecule has 0 saturated carbocycles. The van der Waals surface area contributed by atoms with Crippen LogP contribution in [0.1, 0.15) is 5.56 Å². The van der Waals surface area contributed by atoms with Crippen LogP contribution in [0.5, 0.6) is 5.75 Å². The van der Waals surface area contributed by atoms with Crippen LogP contribution in [-0.2, 0) is 11.8 Å². The number of anilines is 3. The quantitative estimate of drug-likeness (QED) is 0.321. The Morgan fingerprint density at radius 2 is 2.08 bits per heavy atom. The van der Waals surface area contributed by atoms with E-state index in [2.05, 4.69) is 27.5 Å². The van der Waals surface area contributed by atoms with E-state index in [-0.39, 0.29) is 11.4 Å². The third kappa shape index (κ3) is 6.52. The average Bonchev–Trinajstić information content (AvgIpc) is 3.25. The highest BCUT2D eigenvalue weighted by Crippen LogP contribution is 2.38. The van der Waals surface area contributed by atoms with Gasteiger partial charge in [0.2, 0.25) is 5.91 Å². The molecule has 10 nitrogen and oxygen atoms in total. The summed E-state index contributed by atoms with van der Waals surface area (Å²) in [6.45, 7) is 1.73. The smallest absolute Gasteiger partial charge is 0.387 e. The first kappa shape index (κ1) is 27.6. The lowest BCUT2D eigenvalue weighted by molar-refractivity contribution is -0.111. The van der Waals surface area contributed by atoms with E-state index in [1.165, 1.54) is 6.07 Å². The second-order valence-corrected chi connectivity index (χ2v) is 9.25. The normalized spacial score (nSPS) is 14.8. The van der Waals surface area contributed by atoms with Crippen molar-refractivity contribution in [2.75, 3.05) is 49.8 Å². The minimum atomic E-state index is -3.06. The van der Waals surface area contributed by atoms with Gasteiger partial charge >= 0.3 is 6.61 Å². The van der Waals surface area contributed by atoms with Crippen LogP contribution in [0.2, 0.25) is 0 Å². The first-order valence-electron chi connectivity index (χ1n) is 12.3. The number of fused-ring (bicyclic) bond motifs is 1. The van der Waals surface area contributed by atoms with E-state index in [9.17, 15) is 13.6 Å². The second-order valence-electron chi connectivity index (χ2n) is 9.25. The summed E-state index contributed by atoms with van der Waals surface area (Å²) in [5, 5.41) is 8.96. The molecule has 0 bridgehead atoms. The summed E-state index contributed by atoms with van der Waals surface area (Å²) < 4.78 is 33.8. The number of aliphatic imine (C=N–C) groups is 1. The van der Waals surface area contributed by atoms with Gasteiger partial charge in [0.05, 0.1) is 33.8 Å². The summed E-state index contributed by atoms with van der Waals surface area (Å²) in [4.78, 5) is 25.3. The molecule has 1 amide bonds. The number of rotatable bonds is 11. The van der Waals surface area contributed by atoms with Crippen LogP contribution < -0.4 is 25.6 Å². The lowest BCUT2D eigenvalue weighted by Crippen LogP contribution is -2.35. The zero-order valence-electron chi connectivity index (χ0n) is 22.3. The number of benzene rings is 1. The molecular formula is C27H32F2N8O2. The molecule has 206 valence electrons. The van der Waals surface area contributed by atoms with Gasteiger partial charge in [-0.25, -0.2) is 4.99 Å². The summed E-state index contributed by atoms with van der Waals surface area (Å²) in [5.74, 6) is -0.526. The van der Waals surface area contributed by atoms with Gasteiger partial charge in [0.1, 0.15) is 0 Å². The minimum Gasteiger partial charge on any atom is -0.433 e. The summed E-state index contributed by atoms with van der Waals surface area (Å²) in [5.41, 5.74) is 4.37. The van der Waals surface area contributed by atoms with Crippen molar-refractivity contribution in [2.45, 2.75) is 12.9 Å². The molecule has 0 saturated heterocycles. The second kappa shape index (κ2) is 11.9. The number of aryl methyl sites for hydroxylation is 1. The molecule has 3 heterocycles. The van der Waals surface area contributed by atoms with Crippen LogP contribution in [0.4, 0.5) is 25.8 Å². The van der Waals surface area contributed by atoms with Gasteiger partial charge < -0.3 is 35.1 Å². The fourth-order valence-electron chi connectivity index (χ4n) is 4.16. The highest BCUT2D eigenvalue weighted by molar-refractivity contribution is 6.15. The van der Waals surface area contributed by atoms with Gasteiger partial charge in [0, 0.05) is 57.4 Å². The van der Waals surface area contributed by atoms with E-state index in [1.54, 1.807) is 18.5 Å². The number of halogens is 2. The highest BCUT2D eigenvalue weighted by Gasteiger charge is 2.22. The number of carbonyl (C=O) groups excluding carboxylic acids is 1. The number of alkyl halides is 2. The topological polar surface area (TPSA) is 99.0 Å². The Kier molecular flexibility index (Phi) is 8.45. The maximum absolute atomic E-state index is 13.4. The van der Waals surface area contributed by atoms with Crippen LogP contribution >= 0.6 is 0 Å². The molecule has 2 aromatic heterocycles. The Morgan fingerprint density at radius 1 is 1.28 bits per heavy atom. The molecular weight excluding hydrogens is 506 g/mol. The van der Waals surface area contributed by atoms with Crippen molar-refractivity contribution < 1.29 is 18.3 Å². The SMILES string of the molecule is C=CC(=O)Nc1cc(NC2N=C(c3cn(C)c4cccnc34)C=CN2)c(OC(F)F)cc1N(C)CCN(C)C. The third-order valence-electron chi connectivity index (χ3n) is 6.13.